The molecule has 1 aliphatic carbocycles. The standard InChI is InChI=1S/C14H14BrClN2O/c15-9-1-4-12(16)11(7-9)13-8-18-14(19-13)5-6-17-10-2-3-10/h1,4,7-8,10,17H,2-3,5-6H2. The van der Waals surface area contributed by atoms with Gasteiger partial charge < -0.3 is 9.73 Å². The van der Waals surface area contributed by atoms with Crippen LogP contribution in [-0.2, 0) is 6.42 Å². The van der Waals surface area contributed by atoms with Gasteiger partial charge in [0.25, 0.3) is 0 Å². The smallest absolute Gasteiger partial charge is 0.196 e. The molecule has 3 nitrogen and oxygen atoms in total. The Morgan fingerprint density at radius 1 is 1.42 bits per heavy atom. The third kappa shape index (κ3) is 3.38. The third-order valence-corrected chi connectivity index (χ3v) is 3.92. The van der Waals surface area contributed by atoms with E-state index in [1.165, 1.54) is 12.8 Å². The summed E-state index contributed by atoms with van der Waals surface area (Å²) in [5, 5.41) is 4.11. The molecule has 0 bridgehead atoms. The fraction of sp³-hybridized carbons (Fsp3) is 0.357. The minimum Gasteiger partial charge on any atom is -0.441 e. The van der Waals surface area contributed by atoms with E-state index in [-0.39, 0.29) is 0 Å². The van der Waals surface area contributed by atoms with Crippen LogP contribution < -0.4 is 5.32 Å². The molecule has 0 atom stereocenters. The SMILES string of the molecule is Clc1ccc(Br)cc1-c1cnc(CCNC2CC2)o1. The quantitative estimate of drug-likeness (QED) is 0.891. The average Bonchev–Trinajstić information content (AvgIpc) is 3.10. The van der Waals surface area contributed by atoms with E-state index in [1.54, 1.807) is 6.20 Å². The first kappa shape index (κ1) is 13.2. The van der Waals surface area contributed by atoms with Crippen molar-refractivity contribution < 1.29 is 4.42 Å². The zero-order valence-electron chi connectivity index (χ0n) is 10.3. The van der Waals surface area contributed by atoms with E-state index in [4.69, 9.17) is 16.0 Å². The maximum Gasteiger partial charge on any atom is 0.196 e. The van der Waals surface area contributed by atoms with E-state index in [9.17, 15) is 0 Å². The molecule has 100 valence electrons. The van der Waals surface area contributed by atoms with E-state index in [1.807, 2.05) is 18.2 Å². The molecule has 2 aromatic rings. The Balaban J connectivity index is 1.70. The zero-order valence-corrected chi connectivity index (χ0v) is 12.7. The largest absolute Gasteiger partial charge is 0.441 e. The molecule has 3 rings (SSSR count). The summed E-state index contributed by atoms with van der Waals surface area (Å²) in [5.74, 6) is 1.46. The van der Waals surface area contributed by atoms with Gasteiger partial charge >= 0.3 is 0 Å². The summed E-state index contributed by atoms with van der Waals surface area (Å²) in [5.41, 5.74) is 0.866. The second kappa shape index (κ2) is 5.65. The molecule has 1 aliphatic rings. The van der Waals surface area contributed by atoms with Crippen LogP contribution in [0.3, 0.4) is 0 Å². The molecule has 1 fully saturated rings. The number of halogens is 2. The highest BCUT2D eigenvalue weighted by atomic mass is 79.9. The summed E-state index contributed by atoms with van der Waals surface area (Å²) in [7, 11) is 0. The van der Waals surface area contributed by atoms with Crippen molar-refractivity contribution in [3.8, 4) is 11.3 Å². The second-order valence-corrected chi connectivity index (χ2v) is 6.04. The Morgan fingerprint density at radius 3 is 3.05 bits per heavy atom. The van der Waals surface area contributed by atoms with Gasteiger partial charge in [0.05, 0.1) is 11.2 Å². The van der Waals surface area contributed by atoms with E-state index >= 15 is 0 Å². The number of hydrogen-bond donors (Lipinski definition) is 1. The van der Waals surface area contributed by atoms with Crippen LogP contribution in [0.4, 0.5) is 0 Å². The molecular weight excluding hydrogens is 328 g/mol. The molecule has 0 radical (unpaired) electrons. The summed E-state index contributed by atoms with van der Waals surface area (Å²) in [4.78, 5) is 4.30. The third-order valence-electron chi connectivity index (χ3n) is 3.10. The molecule has 0 unspecified atom stereocenters. The van der Waals surface area contributed by atoms with E-state index < -0.39 is 0 Å². The topological polar surface area (TPSA) is 38.1 Å². The van der Waals surface area contributed by atoms with Gasteiger partial charge in [-0.15, -0.1) is 0 Å². The Bertz CT molecular complexity index is 581. The molecule has 0 aliphatic heterocycles. The average molecular weight is 342 g/mol. The van der Waals surface area contributed by atoms with Gasteiger partial charge in [0.15, 0.2) is 11.7 Å². The van der Waals surface area contributed by atoms with Crippen molar-refractivity contribution in [3.63, 3.8) is 0 Å². The number of nitrogens with zero attached hydrogens (tertiary/aromatic N) is 1. The van der Waals surface area contributed by atoms with Gasteiger partial charge in [-0.05, 0) is 31.0 Å². The summed E-state index contributed by atoms with van der Waals surface area (Å²) < 4.78 is 6.72. The van der Waals surface area contributed by atoms with Crippen molar-refractivity contribution in [2.24, 2.45) is 0 Å². The maximum absolute atomic E-state index is 6.17. The van der Waals surface area contributed by atoms with Crippen LogP contribution in [0.15, 0.2) is 33.3 Å². The highest BCUT2D eigenvalue weighted by Gasteiger charge is 2.20. The van der Waals surface area contributed by atoms with Crippen molar-refractivity contribution in [2.45, 2.75) is 25.3 Å². The second-order valence-electron chi connectivity index (χ2n) is 4.72. The van der Waals surface area contributed by atoms with Crippen molar-refractivity contribution in [3.05, 3.63) is 39.8 Å². The Hall–Kier alpha value is -0.840. The Labute approximate surface area is 125 Å². The molecule has 1 heterocycles. The van der Waals surface area contributed by atoms with Gasteiger partial charge in [-0.2, -0.15) is 0 Å². The van der Waals surface area contributed by atoms with Gasteiger partial charge in [0.1, 0.15) is 0 Å². The molecule has 0 saturated heterocycles. The van der Waals surface area contributed by atoms with Gasteiger partial charge in [-0.3, -0.25) is 0 Å². The van der Waals surface area contributed by atoms with Crippen LogP contribution in [0.25, 0.3) is 11.3 Å². The molecule has 1 saturated carbocycles. The van der Waals surface area contributed by atoms with Gasteiger partial charge in [0.2, 0.25) is 0 Å². The van der Waals surface area contributed by atoms with Gasteiger partial charge in [-0.1, -0.05) is 27.5 Å². The van der Waals surface area contributed by atoms with Crippen LogP contribution >= 0.6 is 27.5 Å². The maximum atomic E-state index is 6.17. The summed E-state index contributed by atoms with van der Waals surface area (Å²) in [6.45, 7) is 0.914. The lowest BCUT2D eigenvalue weighted by Crippen LogP contribution is -2.19. The van der Waals surface area contributed by atoms with Crippen LogP contribution in [-0.4, -0.2) is 17.6 Å². The first-order valence-electron chi connectivity index (χ1n) is 6.36. The molecule has 5 heteroatoms. The molecule has 1 aromatic heterocycles. The van der Waals surface area contributed by atoms with Crippen LogP contribution in [0, 0.1) is 0 Å². The van der Waals surface area contributed by atoms with Crippen LogP contribution in [0.1, 0.15) is 18.7 Å². The number of oxazole rings is 1. The highest BCUT2D eigenvalue weighted by Crippen LogP contribution is 2.31. The van der Waals surface area contributed by atoms with Crippen LogP contribution in [0.5, 0.6) is 0 Å². The van der Waals surface area contributed by atoms with E-state index in [2.05, 4.69) is 26.2 Å². The van der Waals surface area contributed by atoms with Gasteiger partial charge in [-0.25, -0.2) is 4.98 Å². The van der Waals surface area contributed by atoms with Crippen molar-refractivity contribution in [1.82, 2.24) is 10.3 Å². The number of aromatic nitrogens is 1. The number of benzene rings is 1. The number of rotatable bonds is 5. The minimum atomic E-state index is 0.669. The van der Waals surface area contributed by atoms with Crippen molar-refractivity contribution in [1.29, 1.82) is 0 Å². The van der Waals surface area contributed by atoms with E-state index in [0.29, 0.717) is 16.8 Å². The lowest BCUT2D eigenvalue weighted by molar-refractivity contribution is 0.494. The Morgan fingerprint density at radius 2 is 2.26 bits per heavy atom. The summed E-state index contributed by atoms with van der Waals surface area (Å²) >= 11 is 9.61. The molecular formula is C14H14BrClN2O. The van der Waals surface area contributed by atoms with Crippen molar-refractivity contribution >= 4 is 27.5 Å². The fourth-order valence-electron chi connectivity index (χ4n) is 1.91. The predicted molar refractivity (Wildman–Crippen MR) is 79.4 cm³/mol. The lowest BCUT2D eigenvalue weighted by Gasteiger charge is -2.01. The first-order chi connectivity index (χ1) is 9.22. The summed E-state index contributed by atoms with van der Waals surface area (Å²) in [6, 6.07) is 6.41. The molecule has 0 amide bonds. The molecule has 0 spiro atoms. The Kier molecular flexibility index (Phi) is 3.91. The lowest BCUT2D eigenvalue weighted by atomic mass is 10.2. The summed E-state index contributed by atoms with van der Waals surface area (Å²) in [6.07, 6.45) is 5.14. The number of hydrogen-bond acceptors (Lipinski definition) is 3. The predicted octanol–water partition coefficient (Wildman–Crippen LogP) is 4.05. The van der Waals surface area contributed by atoms with E-state index in [0.717, 1.165) is 28.9 Å². The zero-order chi connectivity index (χ0) is 13.2. The minimum absolute atomic E-state index is 0.669. The monoisotopic (exact) mass is 340 g/mol. The molecule has 1 N–H and O–H groups in total. The van der Waals surface area contributed by atoms with Crippen molar-refractivity contribution in [2.75, 3.05) is 6.54 Å². The highest BCUT2D eigenvalue weighted by molar-refractivity contribution is 9.10. The molecule has 19 heavy (non-hydrogen) atoms. The fourth-order valence-corrected chi connectivity index (χ4v) is 2.48. The van der Waals surface area contributed by atoms with Crippen LogP contribution in [0.2, 0.25) is 5.02 Å². The molecule has 1 aromatic carbocycles. The normalized spacial score (nSPS) is 14.8. The first-order valence-corrected chi connectivity index (χ1v) is 7.53. The van der Waals surface area contributed by atoms with Gasteiger partial charge in [0, 0.05) is 29.0 Å². The number of nitrogens with one attached hydrogen (secondary N) is 1.